The van der Waals surface area contributed by atoms with Gasteiger partial charge in [-0.3, -0.25) is 4.79 Å². The van der Waals surface area contributed by atoms with Crippen molar-refractivity contribution in [1.82, 2.24) is 14.3 Å². The summed E-state index contributed by atoms with van der Waals surface area (Å²) in [6.45, 7) is 2.99. The molecule has 2 aliphatic rings. The number of carbonyl (C=O) groups is 1. The third-order valence-corrected chi connectivity index (χ3v) is 5.31. The Morgan fingerprint density at radius 2 is 2.00 bits per heavy atom. The summed E-state index contributed by atoms with van der Waals surface area (Å²) in [5.74, 6) is 1.64. The highest BCUT2D eigenvalue weighted by molar-refractivity contribution is 7.09. The number of amides is 1. The molecule has 1 amide bonds. The lowest BCUT2D eigenvalue weighted by molar-refractivity contribution is 0.0747. The number of hydrogen-bond acceptors (Lipinski definition) is 5. The van der Waals surface area contributed by atoms with Crippen LogP contribution in [0.25, 0.3) is 0 Å². The molecule has 0 N–H and O–H groups in total. The molecule has 5 nitrogen and oxygen atoms in total. The van der Waals surface area contributed by atoms with Gasteiger partial charge in [-0.05, 0) is 31.0 Å². The molecule has 1 saturated heterocycles. The number of nitrogens with zero attached hydrogens (tertiary/aromatic N) is 4. The van der Waals surface area contributed by atoms with Crippen molar-refractivity contribution in [2.75, 3.05) is 31.1 Å². The minimum atomic E-state index is 0.0445. The Balaban J connectivity index is 1.39. The van der Waals surface area contributed by atoms with Crippen LogP contribution in [0.5, 0.6) is 0 Å². The fourth-order valence-corrected chi connectivity index (χ4v) is 3.75. The van der Waals surface area contributed by atoms with E-state index in [-0.39, 0.29) is 5.91 Å². The van der Waals surface area contributed by atoms with E-state index in [1.807, 2.05) is 17.0 Å². The Hall–Kier alpha value is -1.66. The maximum absolute atomic E-state index is 12.5. The normalized spacial score (nSPS) is 18.3. The second kappa shape index (κ2) is 6.09. The Morgan fingerprint density at radius 1 is 1.22 bits per heavy atom. The fourth-order valence-electron chi connectivity index (χ4n) is 2.77. The van der Waals surface area contributed by atoms with Gasteiger partial charge in [-0.25, -0.2) is 4.98 Å². The summed E-state index contributed by atoms with van der Waals surface area (Å²) >= 11 is 7.45. The third kappa shape index (κ3) is 3.19. The van der Waals surface area contributed by atoms with Gasteiger partial charge in [0.25, 0.3) is 5.91 Å². The summed E-state index contributed by atoms with van der Waals surface area (Å²) in [6, 6.07) is 7.13. The van der Waals surface area contributed by atoms with Crippen LogP contribution >= 0.6 is 23.1 Å². The van der Waals surface area contributed by atoms with Crippen molar-refractivity contribution in [2.24, 2.45) is 0 Å². The van der Waals surface area contributed by atoms with Crippen molar-refractivity contribution < 1.29 is 4.79 Å². The summed E-state index contributed by atoms with van der Waals surface area (Å²) in [5, 5.41) is 1.58. The Labute approximate surface area is 144 Å². The van der Waals surface area contributed by atoms with Gasteiger partial charge in [0.2, 0.25) is 5.13 Å². The Bertz CT molecular complexity index is 722. The minimum Gasteiger partial charge on any atom is -0.343 e. The first kappa shape index (κ1) is 14.9. The number of aromatic nitrogens is 2. The molecule has 2 heterocycles. The van der Waals surface area contributed by atoms with Gasteiger partial charge >= 0.3 is 0 Å². The lowest BCUT2D eigenvalue weighted by Gasteiger charge is -2.34. The van der Waals surface area contributed by atoms with E-state index in [9.17, 15) is 4.79 Å². The average molecular weight is 349 g/mol. The predicted molar refractivity (Wildman–Crippen MR) is 91.5 cm³/mol. The molecule has 1 aliphatic carbocycles. The zero-order chi connectivity index (χ0) is 15.8. The first-order valence-electron chi connectivity index (χ1n) is 7.84. The number of piperazine rings is 1. The number of hydrogen-bond donors (Lipinski definition) is 0. The molecule has 23 heavy (non-hydrogen) atoms. The molecule has 2 aromatic rings. The summed E-state index contributed by atoms with van der Waals surface area (Å²) in [6.07, 6.45) is 2.44. The smallest absolute Gasteiger partial charge is 0.254 e. The van der Waals surface area contributed by atoms with E-state index >= 15 is 0 Å². The predicted octanol–water partition coefficient (Wildman–Crippen LogP) is 3.03. The van der Waals surface area contributed by atoms with Crippen LogP contribution < -0.4 is 4.90 Å². The third-order valence-electron chi connectivity index (χ3n) is 4.28. The molecule has 4 rings (SSSR count). The van der Waals surface area contributed by atoms with Gasteiger partial charge < -0.3 is 9.80 Å². The van der Waals surface area contributed by atoms with Crippen LogP contribution in [0.2, 0.25) is 5.02 Å². The molecule has 0 bridgehead atoms. The van der Waals surface area contributed by atoms with E-state index in [1.54, 1.807) is 12.1 Å². The monoisotopic (exact) mass is 348 g/mol. The quantitative estimate of drug-likeness (QED) is 0.855. The van der Waals surface area contributed by atoms with Crippen LogP contribution in [0.15, 0.2) is 24.3 Å². The molecule has 0 unspecified atom stereocenters. The molecular formula is C16H17ClN4OS. The summed E-state index contributed by atoms with van der Waals surface area (Å²) < 4.78 is 4.46. The summed E-state index contributed by atoms with van der Waals surface area (Å²) in [4.78, 5) is 21.3. The Kier molecular flexibility index (Phi) is 3.95. The van der Waals surface area contributed by atoms with E-state index in [0.717, 1.165) is 24.0 Å². The van der Waals surface area contributed by atoms with Crippen molar-refractivity contribution in [1.29, 1.82) is 0 Å². The largest absolute Gasteiger partial charge is 0.343 e. The zero-order valence-electron chi connectivity index (χ0n) is 12.6. The first-order chi connectivity index (χ1) is 11.2. The highest BCUT2D eigenvalue weighted by atomic mass is 35.5. The molecule has 1 aromatic carbocycles. The van der Waals surface area contributed by atoms with Gasteiger partial charge in [-0.1, -0.05) is 17.7 Å². The number of rotatable bonds is 3. The van der Waals surface area contributed by atoms with Crippen molar-refractivity contribution in [3.8, 4) is 0 Å². The average Bonchev–Trinajstić information content (AvgIpc) is 3.32. The topological polar surface area (TPSA) is 49.3 Å². The number of carbonyl (C=O) groups excluding carboxylic acids is 1. The summed E-state index contributed by atoms with van der Waals surface area (Å²) in [5.41, 5.74) is 0.651. The number of benzene rings is 1. The van der Waals surface area contributed by atoms with E-state index in [4.69, 9.17) is 11.6 Å². The van der Waals surface area contributed by atoms with Crippen LogP contribution in [0.4, 0.5) is 5.13 Å². The minimum absolute atomic E-state index is 0.0445. The van der Waals surface area contributed by atoms with Gasteiger partial charge in [0.1, 0.15) is 5.82 Å². The maximum atomic E-state index is 12.5. The Morgan fingerprint density at radius 3 is 2.70 bits per heavy atom. The van der Waals surface area contributed by atoms with E-state index in [2.05, 4.69) is 14.3 Å². The van der Waals surface area contributed by atoms with Crippen molar-refractivity contribution in [2.45, 2.75) is 18.8 Å². The number of anilines is 1. The van der Waals surface area contributed by atoms with Crippen LogP contribution in [0.1, 0.15) is 34.9 Å². The van der Waals surface area contributed by atoms with Crippen molar-refractivity contribution in [3.63, 3.8) is 0 Å². The highest BCUT2D eigenvalue weighted by Crippen LogP contribution is 2.39. The SMILES string of the molecule is O=C(c1cccc(Cl)c1)N1CCN(c2nc(C3CC3)ns2)CC1. The van der Waals surface area contributed by atoms with Crippen LogP contribution in [-0.4, -0.2) is 46.3 Å². The molecule has 1 aliphatic heterocycles. The summed E-state index contributed by atoms with van der Waals surface area (Å²) in [7, 11) is 0. The van der Waals surface area contributed by atoms with Crippen LogP contribution in [-0.2, 0) is 0 Å². The van der Waals surface area contributed by atoms with Gasteiger partial charge in [-0.2, -0.15) is 4.37 Å². The molecule has 2 fully saturated rings. The van der Waals surface area contributed by atoms with Gasteiger partial charge in [0, 0.05) is 54.2 Å². The molecule has 120 valence electrons. The molecule has 0 radical (unpaired) electrons. The van der Waals surface area contributed by atoms with Gasteiger partial charge in [-0.15, -0.1) is 0 Å². The van der Waals surface area contributed by atoms with E-state index < -0.39 is 0 Å². The molecule has 1 aromatic heterocycles. The number of halogens is 1. The molecule has 1 saturated carbocycles. The molecule has 0 atom stereocenters. The maximum Gasteiger partial charge on any atom is 0.254 e. The van der Waals surface area contributed by atoms with Crippen molar-refractivity contribution in [3.05, 3.63) is 40.7 Å². The van der Waals surface area contributed by atoms with Gasteiger partial charge in [0.15, 0.2) is 0 Å². The second-order valence-corrected chi connectivity index (χ2v) is 7.17. The lowest BCUT2D eigenvalue weighted by atomic mass is 10.2. The van der Waals surface area contributed by atoms with Gasteiger partial charge in [0.05, 0.1) is 0 Å². The first-order valence-corrected chi connectivity index (χ1v) is 8.99. The standard InChI is InChI=1S/C16H17ClN4OS/c17-13-3-1-2-12(10-13)15(22)20-6-8-21(9-7-20)16-18-14(19-23-16)11-4-5-11/h1-3,10-11H,4-9H2. The fraction of sp³-hybridized carbons (Fsp3) is 0.438. The van der Waals surface area contributed by atoms with Crippen LogP contribution in [0.3, 0.4) is 0 Å². The van der Waals surface area contributed by atoms with Crippen molar-refractivity contribution >= 4 is 34.2 Å². The molecule has 7 heteroatoms. The van der Waals surface area contributed by atoms with Crippen LogP contribution in [0, 0.1) is 0 Å². The van der Waals surface area contributed by atoms with E-state index in [0.29, 0.717) is 29.6 Å². The van der Waals surface area contributed by atoms with E-state index in [1.165, 1.54) is 24.4 Å². The molecular weight excluding hydrogens is 332 g/mol. The zero-order valence-corrected chi connectivity index (χ0v) is 14.2. The highest BCUT2D eigenvalue weighted by Gasteiger charge is 2.29. The second-order valence-electron chi connectivity index (χ2n) is 6.00. The molecule has 0 spiro atoms. The lowest BCUT2D eigenvalue weighted by Crippen LogP contribution is -2.48.